The number of primary amides is 1. The van der Waals surface area contributed by atoms with Crippen LogP contribution in [0.5, 0.6) is 0 Å². The van der Waals surface area contributed by atoms with Crippen LogP contribution in [0.15, 0.2) is 36.8 Å². The van der Waals surface area contributed by atoms with E-state index in [1.807, 2.05) is 18.2 Å². The molecule has 0 atom stereocenters. The fourth-order valence-electron chi connectivity index (χ4n) is 1.27. The summed E-state index contributed by atoms with van der Waals surface area (Å²) >= 11 is 0. The van der Waals surface area contributed by atoms with Gasteiger partial charge in [-0.2, -0.15) is 5.10 Å². The van der Waals surface area contributed by atoms with E-state index in [4.69, 9.17) is 5.73 Å². The van der Waals surface area contributed by atoms with Crippen molar-refractivity contribution in [3.63, 3.8) is 0 Å². The molecule has 0 spiro atoms. The second kappa shape index (κ2) is 3.91. The number of pyridine rings is 1. The fourth-order valence-corrected chi connectivity index (χ4v) is 1.27. The lowest BCUT2D eigenvalue weighted by molar-refractivity contribution is -0.117. The molecule has 0 saturated carbocycles. The van der Waals surface area contributed by atoms with Crippen molar-refractivity contribution in [1.82, 2.24) is 14.8 Å². The third kappa shape index (κ3) is 2.19. The topological polar surface area (TPSA) is 73.8 Å². The highest BCUT2D eigenvalue weighted by Crippen LogP contribution is 2.04. The second-order valence-electron chi connectivity index (χ2n) is 3.12. The Bertz CT molecular complexity index is 463. The van der Waals surface area contributed by atoms with Gasteiger partial charge in [-0.3, -0.25) is 4.79 Å². The van der Waals surface area contributed by atoms with Gasteiger partial charge in [0.2, 0.25) is 5.91 Å². The zero-order valence-electron chi connectivity index (χ0n) is 8.00. The minimum absolute atomic E-state index is 0.201. The van der Waals surface area contributed by atoms with E-state index < -0.39 is 0 Å². The van der Waals surface area contributed by atoms with Crippen LogP contribution in [0.3, 0.4) is 0 Å². The Kier molecular flexibility index (Phi) is 2.45. The number of carbonyl (C=O) groups is 1. The molecule has 0 unspecified atom stereocenters. The first-order valence-electron chi connectivity index (χ1n) is 4.49. The molecular formula is C10H10N4O. The molecule has 0 bridgehead atoms. The monoisotopic (exact) mass is 202 g/mol. The molecule has 0 fully saturated rings. The minimum atomic E-state index is -0.365. The van der Waals surface area contributed by atoms with Crippen LogP contribution < -0.4 is 5.73 Å². The van der Waals surface area contributed by atoms with Crippen molar-refractivity contribution < 1.29 is 4.79 Å². The van der Waals surface area contributed by atoms with Gasteiger partial charge in [0.25, 0.3) is 0 Å². The lowest BCUT2D eigenvalue weighted by Gasteiger charge is -1.97. The Hall–Kier alpha value is -2.17. The van der Waals surface area contributed by atoms with Crippen molar-refractivity contribution in [1.29, 1.82) is 0 Å². The first-order chi connectivity index (χ1) is 7.25. The molecule has 5 heteroatoms. The number of amides is 1. The smallest absolute Gasteiger partial charge is 0.221 e. The van der Waals surface area contributed by atoms with E-state index in [9.17, 15) is 4.79 Å². The lowest BCUT2D eigenvalue weighted by atomic mass is 10.2. The highest BCUT2D eigenvalue weighted by Gasteiger charge is 2.03. The van der Waals surface area contributed by atoms with Crippen LogP contribution in [0.2, 0.25) is 0 Å². The Labute approximate surface area is 86.5 Å². The average Bonchev–Trinajstić information content (AvgIpc) is 2.67. The summed E-state index contributed by atoms with van der Waals surface area (Å²) in [6.07, 6.45) is 5.24. The first kappa shape index (κ1) is 9.39. The predicted molar refractivity (Wildman–Crippen MR) is 54.3 cm³/mol. The van der Waals surface area contributed by atoms with Gasteiger partial charge in [0, 0.05) is 12.4 Å². The van der Waals surface area contributed by atoms with Crippen molar-refractivity contribution in [3.8, 4) is 5.82 Å². The van der Waals surface area contributed by atoms with Crippen molar-refractivity contribution in [2.75, 3.05) is 0 Å². The van der Waals surface area contributed by atoms with E-state index >= 15 is 0 Å². The fraction of sp³-hybridized carbons (Fsp3) is 0.100. The van der Waals surface area contributed by atoms with Crippen molar-refractivity contribution in [2.24, 2.45) is 5.73 Å². The van der Waals surface area contributed by atoms with Gasteiger partial charge in [-0.25, -0.2) is 9.67 Å². The predicted octanol–water partition coefficient (Wildman–Crippen LogP) is 0.295. The molecule has 76 valence electrons. The molecule has 2 N–H and O–H groups in total. The van der Waals surface area contributed by atoms with Crippen LogP contribution in [0.1, 0.15) is 5.56 Å². The number of carbonyl (C=O) groups excluding carboxylic acids is 1. The van der Waals surface area contributed by atoms with E-state index in [-0.39, 0.29) is 12.3 Å². The zero-order valence-corrected chi connectivity index (χ0v) is 8.00. The highest BCUT2D eigenvalue weighted by atomic mass is 16.1. The normalized spacial score (nSPS) is 10.1. The van der Waals surface area contributed by atoms with Gasteiger partial charge in [-0.1, -0.05) is 6.07 Å². The summed E-state index contributed by atoms with van der Waals surface area (Å²) in [6.45, 7) is 0. The van der Waals surface area contributed by atoms with E-state index in [2.05, 4.69) is 10.1 Å². The van der Waals surface area contributed by atoms with Crippen molar-refractivity contribution in [2.45, 2.75) is 6.42 Å². The van der Waals surface area contributed by atoms with Gasteiger partial charge < -0.3 is 5.73 Å². The van der Waals surface area contributed by atoms with E-state index in [0.29, 0.717) is 5.82 Å². The SMILES string of the molecule is NC(=O)Cc1cnn(-c2ccccn2)c1. The summed E-state index contributed by atoms with van der Waals surface area (Å²) in [7, 11) is 0. The second-order valence-corrected chi connectivity index (χ2v) is 3.12. The first-order valence-corrected chi connectivity index (χ1v) is 4.49. The molecular weight excluding hydrogens is 192 g/mol. The Morgan fingerprint density at radius 2 is 2.33 bits per heavy atom. The van der Waals surface area contributed by atoms with Crippen LogP contribution in [0.4, 0.5) is 0 Å². The van der Waals surface area contributed by atoms with Crippen LogP contribution in [-0.2, 0) is 11.2 Å². The van der Waals surface area contributed by atoms with Crippen LogP contribution in [0, 0.1) is 0 Å². The van der Waals surface area contributed by atoms with Crippen LogP contribution in [-0.4, -0.2) is 20.7 Å². The molecule has 0 aliphatic carbocycles. The number of rotatable bonds is 3. The summed E-state index contributed by atoms with van der Waals surface area (Å²) < 4.78 is 1.61. The summed E-state index contributed by atoms with van der Waals surface area (Å²) in [5.74, 6) is 0.351. The molecule has 2 aromatic rings. The number of hydrogen-bond donors (Lipinski definition) is 1. The molecule has 5 nitrogen and oxygen atoms in total. The standard InChI is InChI=1S/C10H10N4O/c11-9(15)5-8-6-13-14(7-8)10-3-1-2-4-12-10/h1-4,6-7H,5H2,(H2,11,15). The lowest BCUT2D eigenvalue weighted by Crippen LogP contribution is -2.13. The maximum Gasteiger partial charge on any atom is 0.221 e. The molecule has 0 aliphatic rings. The van der Waals surface area contributed by atoms with Gasteiger partial charge in [-0.15, -0.1) is 0 Å². The maximum atomic E-state index is 10.7. The number of hydrogen-bond acceptors (Lipinski definition) is 3. The molecule has 2 aromatic heterocycles. The molecule has 2 heterocycles. The Morgan fingerprint density at radius 1 is 1.47 bits per heavy atom. The average molecular weight is 202 g/mol. The highest BCUT2D eigenvalue weighted by molar-refractivity contribution is 5.76. The number of aromatic nitrogens is 3. The van der Waals surface area contributed by atoms with Crippen molar-refractivity contribution >= 4 is 5.91 Å². The van der Waals surface area contributed by atoms with Gasteiger partial charge in [0.15, 0.2) is 5.82 Å². The van der Waals surface area contributed by atoms with Crippen LogP contribution in [0.25, 0.3) is 5.82 Å². The van der Waals surface area contributed by atoms with E-state index in [0.717, 1.165) is 5.56 Å². The zero-order chi connectivity index (χ0) is 10.7. The molecule has 1 amide bonds. The van der Waals surface area contributed by atoms with Gasteiger partial charge in [0.05, 0.1) is 12.6 Å². The number of nitrogens with zero attached hydrogens (tertiary/aromatic N) is 3. The van der Waals surface area contributed by atoms with Gasteiger partial charge in [-0.05, 0) is 17.7 Å². The molecule has 0 radical (unpaired) electrons. The van der Waals surface area contributed by atoms with E-state index in [1.54, 1.807) is 23.3 Å². The third-order valence-corrected chi connectivity index (χ3v) is 1.90. The molecule has 0 aromatic carbocycles. The summed E-state index contributed by atoms with van der Waals surface area (Å²) in [5, 5.41) is 4.09. The van der Waals surface area contributed by atoms with Gasteiger partial charge >= 0.3 is 0 Å². The Balaban J connectivity index is 2.24. The van der Waals surface area contributed by atoms with E-state index in [1.165, 1.54) is 0 Å². The Morgan fingerprint density at radius 3 is 3.00 bits per heavy atom. The molecule has 0 aliphatic heterocycles. The third-order valence-electron chi connectivity index (χ3n) is 1.90. The van der Waals surface area contributed by atoms with Crippen molar-refractivity contribution in [3.05, 3.63) is 42.4 Å². The van der Waals surface area contributed by atoms with Crippen LogP contribution >= 0.6 is 0 Å². The minimum Gasteiger partial charge on any atom is -0.369 e. The summed E-state index contributed by atoms with van der Waals surface area (Å²) in [4.78, 5) is 14.8. The largest absolute Gasteiger partial charge is 0.369 e. The number of nitrogens with two attached hydrogens (primary N) is 1. The van der Waals surface area contributed by atoms with Gasteiger partial charge in [0.1, 0.15) is 0 Å². The summed E-state index contributed by atoms with van der Waals surface area (Å²) in [5.41, 5.74) is 5.87. The molecule has 15 heavy (non-hydrogen) atoms. The maximum absolute atomic E-state index is 10.7. The molecule has 2 rings (SSSR count). The quantitative estimate of drug-likeness (QED) is 0.777. The summed E-state index contributed by atoms with van der Waals surface area (Å²) in [6, 6.07) is 5.54. The molecule has 0 saturated heterocycles.